The van der Waals surface area contributed by atoms with Gasteiger partial charge >= 0.3 is 0 Å². The molecule has 2 atom stereocenters. The highest BCUT2D eigenvalue weighted by molar-refractivity contribution is 6.74. The molecule has 2 heterocycles. The highest BCUT2D eigenvalue weighted by Crippen LogP contribution is 2.48. The van der Waals surface area contributed by atoms with E-state index < -0.39 is 14.5 Å². The fourth-order valence-corrected chi connectivity index (χ4v) is 7.08. The van der Waals surface area contributed by atoms with Crippen molar-refractivity contribution >= 4 is 8.32 Å². The van der Waals surface area contributed by atoms with Crippen molar-refractivity contribution < 1.29 is 13.6 Å². The molecule has 1 aliphatic carbocycles. The van der Waals surface area contributed by atoms with Crippen molar-refractivity contribution in [3.63, 3.8) is 0 Å². The molecule has 3 aromatic rings. The van der Waals surface area contributed by atoms with Crippen molar-refractivity contribution in [3.05, 3.63) is 72.2 Å². The molecule has 6 heteroatoms. The van der Waals surface area contributed by atoms with E-state index in [0.717, 1.165) is 53.8 Å². The summed E-state index contributed by atoms with van der Waals surface area (Å²) in [7, 11) is -1.79. The van der Waals surface area contributed by atoms with Crippen LogP contribution in [0.1, 0.15) is 70.0 Å². The number of alkyl halides is 1. The minimum atomic E-state index is -1.79. The summed E-state index contributed by atoms with van der Waals surface area (Å²) >= 11 is 0. The van der Waals surface area contributed by atoms with E-state index in [2.05, 4.69) is 61.6 Å². The zero-order chi connectivity index (χ0) is 26.2. The van der Waals surface area contributed by atoms with Crippen LogP contribution in [0.15, 0.2) is 61.1 Å². The second-order valence-corrected chi connectivity index (χ2v) is 17.1. The number of aromatic nitrogens is 2. The topological polar surface area (TPSA) is 36.3 Å². The second-order valence-electron chi connectivity index (χ2n) is 12.4. The van der Waals surface area contributed by atoms with Crippen LogP contribution in [-0.2, 0) is 11.0 Å². The third kappa shape index (κ3) is 5.42. The molecular weight excluding hydrogens is 479 g/mol. The Balaban J connectivity index is 1.26. The molecule has 5 rings (SSSR count). The Morgan fingerprint density at radius 2 is 1.76 bits per heavy atom. The van der Waals surface area contributed by atoms with Crippen LogP contribution in [0.25, 0.3) is 11.3 Å². The lowest BCUT2D eigenvalue weighted by atomic mass is 9.82. The van der Waals surface area contributed by atoms with E-state index in [1.165, 1.54) is 0 Å². The first-order chi connectivity index (χ1) is 17.6. The van der Waals surface area contributed by atoms with Crippen LogP contribution in [0.3, 0.4) is 0 Å². The van der Waals surface area contributed by atoms with Crippen LogP contribution in [-0.4, -0.2) is 30.1 Å². The molecule has 1 saturated carbocycles. The van der Waals surface area contributed by atoms with Crippen molar-refractivity contribution in [2.24, 2.45) is 5.92 Å². The summed E-state index contributed by atoms with van der Waals surface area (Å²) in [5.74, 6) is 0.928. The highest BCUT2D eigenvalue weighted by atomic mass is 28.4. The lowest BCUT2D eigenvalue weighted by Gasteiger charge is -2.41. The zero-order valence-electron chi connectivity index (χ0n) is 22.9. The van der Waals surface area contributed by atoms with Gasteiger partial charge < -0.3 is 13.7 Å². The number of rotatable bonds is 8. The maximum atomic E-state index is 15.9. The summed E-state index contributed by atoms with van der Waals surface area (Å²) in [6.07, 6.45) is 7.35. The Labute approximate surface area is 222 Å². The Kier molecular flexibility index (Phi) is 7.34. The molecule has 0 radical (unpaired) electrons. The molecule has 0 amide bonds. The maximum absolute atomic E-state index is 15.9. The first-order valence-corrected chi connectivity index (χ1v) is 16.7. The Hall–Kier alpha value is -2.44. The Morgan fingerprint density at radius 1 is 1.03 bits per heavy atom. The molecule has 1 fully saturated rings. The molecule has 2 unspecified atom stereocenters. The summed E-state index contributed by atoms with van der Waals surface area (Å²) in [5, 5.41) is 0.203. The van der Waals surface area contributed by atoms with Crippen LogP contribution in [0, 0.1) is 5.92 Å². The van der Waals surface area contributed by atoms with Gasteiger partial charge in [0.05, 0.1) is 24.3 Å². The van der Waals surface area contributed by atoms with Gasteiger partial charge in [0.25, 0.3) is 0 Å². The number of halogens is 1. The van der Waals surface area contributed by atoms with E-state index in [9.17, 15) is 0 Å². The molecule has 0 saturated heterocycles. The molecule has 2 aromatic carbocycles. The molecule has 0 N–H and O–H groups in total. The van der Waals surface area contributed by atoms with E-state index in [0.29, 0.717) is 13.0 Å². The third-order valence-electron chi connectivity index (χ3n) is 8.86. The largest absolute Gasteiger partial charge is 0.488 e. The van der Waals surface area contributed by atoms with Crippen LogP contribution in [0.2, 0.25) is 18.1 Å². The van der Waals surface area contributed by atoms with Gasteiger partial charge in [-0.3, -0.25) is 0 Å². The van der Waals surface area contributed by atoms with Gasteiger partial charge in [0.1, 0.15) is 18.5 Å². The minimum absolute atomic E-state index is 0.0519. The smallest absolute Gasteiger partial charge is 0.192 e. The van der Waals surface area contributed by atoms with Gasteiger partial charge in [-0.15, -0.1) is 0 Å². The first-order valence-electron chi connectivity index (χ1n) is 13.8. The molecule has 0 bridgehead atoms. The van der Waals surface area contributed by atoms with Gasteiger partial charge in [-0.25, -0.2) is 9.37 Å². The average Bonchev–Trinajstić information content (AvgIpc) is 3.45. The number of imidazole rings is 1. The summed E-state index contributed by atoms with van der Waals surface area (Å²) in [4.78, 5) is 4.41. The fraction of sp³-hybridized carbons (Fsp3) is 0.516. The van der Waals surface area contributed by atoms with Crippen molar-refractivity contribution in [1.29, 1.82) is 0 Å². The van der Waals surface area contributed by atoms with Crippen LogP contribution in [0.4, 0.5) is 4.39 Å². The molecule has 2 aliphatic rings. The lowest BCUT2D eigenvalue weighted by Crippen LogP contribution is -2.45. The summed E-state index contributed by atoms with van der Waals surface area (Å²) in [6, 6.07) is 16.3. The van der Waals surface area contributed by atoms with Crippen molar-refractivity contribution in [2.45, 2.75) is 95.9 Å². The van der Waals surface area contributed by atoms with E-state index in [1.54, 1.807) is 0 Å². The number of hydrogen-bond acceptors (Lipinski definition) is 3. The first kappa shape index (κ1) is 26.2. The van der Waals surface area contributed by atoms with E-state index in [-0.39, 0.29) is 23.1 Å². The van der Waals surface area contributed by atoms with Gasteiger partial charge in [-0.1, -0.05) is 63.2 Å². The Morgan fingerprint density at radius 3 is 2.46 bits per heavy atom. The molecule has 198 valence electrons. The van der Waals surface area contributed by atoms with Crippen molar-refractivity contribution in [2.75, 3.05) is 0 Å². The quantitative estimate of drug-likeness (QED) is 0.280. The fourth-order valence-electron chi connectivity index (χ4n) is 5.66. The highest BCUT2D eigenvalue weighted by Gasteiger charge is 2.41. The third-order valence-corrected chi connectivity index (χ3v) is 13.4. The number of ether oxygens (including phenoxy) is 1. The molecule has 1 aliphatic heterocycles. The normalized spacial score (nSPS) is 22.4. The van der Waals surface area contributed by atoms with Crippen LogP contribution < -0.4 is 4.74 Å². The number of hydrogen-bond donors (Lipinski definition) is 0. The molecule has 0 spiro atoms. The number of fused-ring (bicyclic) bond motifs is 3. The van der Waals surface area contributed by atoms with Crippen LogP contribution >= 0.6 is 0 Å². The van der Waals surface area contributed by atoms with Gasteiger partial charge in [-0.05, 0) is 66.9 Å². The van der Waals surface area contributed by atoms with Gasteiger partial charge in [-0.2, -0.15) is 0 Å². The van der Waals surface area contributed by atoms with E-state index >= 15 is 4.39 Å². The number of nitrogens with zero attached hydrogens (tertiary/aromatic N) is 2. The minimum Gasteiger partial charge on any atom is -0.488 e. The summed E-state index contributed by atoms with van der Waals surface area (Å²) in [6.45, 7) is 12.0. The lowest BCUT2D eigenvalue weighted by molar-refractivity contribution is 0.0798. The molecular formula is C31H41FN2O2Si. The average molecular weight is 521 g/mol. The summed E-state index contributed by atoms with van der Waals surface area (Å²) in [5.41, 5.74) is 4.34. The number of benzene rings is 2. The van der Waals surface area contributed by atoms with E-state index in [1.807, 2.05) is 42.9 Å². The van der Waals surface area contributed by atoms with E-state index in [4.69, 9.17) is 9.16 Å². The zero-order valence-corrected chi connectivity index (χ0v) is 23.9. The molecule has 37 heavy (non-hydrogen) atoms. The van der Waals surface area contributed by atoms with Gasteiger partial charge in [0, 0.05) is 18.1 Å². The van der Waals surface area contributed by atoms with Crippen molar-refractivity contribution in [1.82, 2.24) is 9.55 Å². The molecule has 4 nitrogen and oxygen atoms in total. The Bertz CT molecular complexity index is 1200. The summed E-state index contributed by atoms with van der Waals surface area (Å²) < 4.78 is 30.9. The molecule has 1 aromatic heterocycles. The maximum Gasteiger partial charge on any atom is 0.192 e. The SMILES string of the molecule is CC(C)(C)[Si](C)(C)OC1CCC(C(F)CC2c3cccc(OCc4ccccc4)c3-c3cncn32)CC1. The van der Waals surface area contributed by atoms with Gasteiger partial charge in [0.2, 0.25) is 0 Å². The predicted molar refractivity (Wildman–Crippen MR) is 150 cm³/mol. The van der Waals surface area contributed by atoms with Crippen LogP contribution in [0.5, 0.6) is 5.75 Å². The monoisotopic (exact) mass is 520 g/mol. The predicted octanol–water partition coefficient (Wildman–Crippen LogP) is 8.34. The van der Waals surface area contributed by atoms with Crippen molar-refractivity contribution in [3.8, 4) is 17.0 Å². The second kappa shape index (κ2) is 10.4. The standard InChI is InChI=1S/C31H41FN2O2Si/c1-31(2,3)37(4,5)36-24-16-14-23(15-17-24)26(32)18-27-25-12-9-13-29(30(25)28-19-33-21-34(27)28)35-20-22-10-7-6-8-11-22/h6-13,19,21,23-24,26-27H,14-18,20H2,1-5H3. The van der Waals surface area contributed by atoms with Gasteiger partial charge in [0.15, 0.2) is 8.32 Å².